The minimum atomic E-state index is -0.954. The van der Waals surface area contributed by atoms with Gasteiger partial charge in [0, 0.05) is 12.5 Å². The maximum absolute atomic E-state index is 12.0. The lowest BCUT2D eigenvalue weighted by molar-refractivity contribution is -0.145. The molecule has 0 aliphatic heterocycles. The topological polar surface area (TPSA) is 57.6 Å². The second kappa shape index (κ2) is 6.42. The minimum Gasteiger partial charge on any atom is -0.480 e. The van der Waals surface area contributed by atoms with Crippen molar-refractivity contribution in [3.05, 3.63) is 11.6 Å². The normalized spacial score (nSPS) is 15.6. The van der Waals surface area contributed by atoms with Gasteiger partial charge in [-0.25, -0.2) is 0 Å². The number of amides is 1. The Balaban J connectivity index is 2.58. The molecule has 1 aliphatic rings. The number of carboxylic acids is 1. The molecule has 0 saturated heterocycles. The molecule has 0 aromatic rings. The monoisotopic (exact) mass is 239 g/mol. The molecule has 1 rings (SSSR count). The van der Waals surface area contributed by atoms with Gasteiger partial charge in [0.2, 0.25) is 5.91 Å². The summed E-state index contributed by atoms with van der Waals surface area (Å²) in [6.45, 7) is 3.48. The third-order valence-corrected chi connectivity index (χ3v) is 3.01. The van der Waals surface area contributed by atoms with Gasteiger partial charge in [-0.2, -0.15) is 0 Å². The van der Waals surface area contributed by atoms with Gasteiger partial charge < -0.3 is 10.0 Å². The van der Waals surface area contributed by atoms with Crippen LogP contribution in [0.1, 0.15) is 46.0 Å². The van der Waals surface area contributed by atoms with Crippen LogP contribution < -0.4 is 0 Å². The van der Waals surface area contributed by atoms with Crippen molar-refractivity contribution >= 4 is 11.9 Å². The van der Waals surface area contributed by atoms with Gasteiger partial charge in [-0.3, -0.25) is 9.59 Å². The van der Waals surface area contributed by atoms with Gasteiger partial charge in [0.1, 0.15) is 6.54 Å². The molecule has 0 aromatic carbocycles. The molecular weight excluding hydrogens is 218 g/mol. The molecule has 96 valence electrons. The van der Waals surface area contributed by atoms with E-state index in [1.54, 1.807) is 0 Å². The number of nitrogens with zero attached hydrogens (tertiary/aromatic N) is 1. The average molecular weight is 239 g/mol. The number of carbonyl (C=O) groups excluding carboxylic acids is 1. The molecule has 0 saturated carbocycles. The summed E-state index contributed by atoms with van der Waals surface area (Å²) in [6.07, 6.45) is 6.86. The van der Waals surface area contributed by atoms with Gasteiger partial charge in [0.25, 0.3) is 0 Å². The van der Waals surface area contributed by atoms with E-state index in [-0.39, 0.29) is 18.5 Å². The van der Waals surface area contributed by atoms with Crippen molar-refractivity contribution in [2.45, 2.75) is 52.0 Å². The van der Waals surface area contributed by atoms with Crippen LogP contribution in [0.15, 0.2) is 11.6 Å². The smallest absolute Gasteiger partial charge is 0.323 e. The fourth-order valence-corrected chi connectivity index (χ4v) is 2.07. The number of allylic oxidation sites excluding steroid dienone is 1. The zero-order valence-corrected chi connectivity index (χ0v) is 10.6. The second-order valence-corrected chi connectivity index (χ2v) is 4.79. The van der Waals surface area contributed by atoms with Crippen molar-refractivity contribution < 1.29 is 14.7 Å². The molecule has 1 N–H and O–H groups in total. The highest BCUT2D eigenvalue weighted by molar-refractivity contribution is 5.83. The number of carboxylic acid groups (broad SMARTS) is 1. The molecule has 0 aromatic heterocycles. The van der Waals surface area contributed by atoms with E-state index in [1.807, 2.05) is 13.8 Å². The first-order valence-corrected chi connectivity index (χ1v) is 6.20. The zero-order chi connectivity index (χ0) is 12.8. The van der Waals surface area contributed by atoms with E-state index >= 15 is 0 Å². The first-order valence-electron chi connectivity index (χ1n) is 6.20. The van der Waals surface area contributed by atoms with Gasteiger partial charge in [-0.15, -0.1) is 0 Å². The van der Waals surface area contributed by atoms with Crippen LogP contribution in [-0.2, 0) is 9.59 Å². The van der Waals surface area contributed by atoms with Crippen LogP contribution in [0, 0.1) is 0 Å². The van der Waals surface area contributed by atoms with Crippen LogP contribution in [0.2, 0.25) is 0 Å². The standard InChI is InChI=1S/C13H21NO3/c1-10(2)14(9-13(16)17)12(15)8-11-6-4-3-5-7-11/h6,10H,3-5,7-9H2,1-2H3,(H,16,17). The molecule has 0 radical (unpaired) electrons. The summed E-state index contributed by atoms with van der Waals surface area (Å²) < 4.78 is 0. The van der Waals surface area contributed by atoms with Crippen LogP contribution in [0.4, 0.5) is 0 Å². The van der Waals surface area contributed by atoms with Gasteiger partial charge in [-0.05, 0) is 39.5 Å². The summed E-state index contributed by atoms with van der Waals surface area (Å²) >= 11 is 0. The zero-order valence-electron chi connectivity index (χ0n) is 10.6. The summed E-state index contributed by atoms with van der Waals surface area (Å²) in [5.41, 5.74) is 1.16. The van der Waals surface area contributed by atoms with Crippen molar-refractivity contribution in [3.8, 4) is 0 Å². The van der Waals surface area contributed by atoms with Gasteiger partial charge in [0.15, 0.2) is 0 Å². The Morgan fingerprint density at radius 2 is 2.12 bits per heavy atom. The third-order valence-electron chi connectivity index (χ3n) is 3.01. The van der Waals surface area contributed by atoms with Crippen LogP contribution >= 0.6 is 0 Å². The Kier molecular flexibility index (Phi) is 5.19. The van der Waals surface area contributed by atoms with Crippen molar-refractivity contribution in [1.82, 2.24) is 4.90 Å². The molecule has 4 nitrogen and oxygen atoms in total. The Morgan fingerprint density at radius 3 is 2.59 bits per heavy atom. The van der Waals surface area contributed by atoms with Crippen molar-refractivity contribution in [1.29, 1.82) is 0 Å². The molecular formula is C13H21NO3. The van der Waals surface area contributed by atoms with E-state index < -0.39 is 5.97 Å². The van der Waals surface area contributed by atoms with Crippen LogP contribution in [0.25, 0.3) is 0 Å². The molecule has 0 spiro atoms. The number of hydrogen-bond acceptors (Lipinski definition) is 2. The van der Waals surface area contributed by atoms with E-state index in [4.69, 9.17) is 5.11 Å². The third kappa shape index (κ3) is 4.59. The lowest BCUT2D eigenvalue weighted by Crippen LogP contribution is -2.40. The van der Waals surface area contributed by atoms with E-state index in [1.165, 1.54) is 11.3 Å². The van der Waals surface area contributed by atoms with E-state index in [2.05, 4.69) is 6.08 Å². The van der Waals surface area contributed by atoms with E-state index in [0.717, 1.165) is 24.8 Å². The fourth-order valence-electron chi connectivity index (χ4n) is 2.07. The molecule has 0 bridgehead atoms. The Hall–Kier alpha value is -1.32. The Bertz CT molecular complexity index is 321. The number of hydrogen-bond donors (Lipinski definition) is 1. The Morgan fingerprint density at radius 1 is 1.41 bits per heavy atom. The molecule has 1 amide bonds. The lowest BCUT2D eigenvalue weighted by atomic mass is 9.96. The quantitative estimate of drug-likeness (QED) is 0.748. The summed E-state index contributed by atoms with van der Waals surface area (Å²) in [7, 11) is 0. The van der Waals surface area contributed by atoms with Gasteiger partial charge >= 0.3 is 5.97 Å². The average Bonchev–Trinajstić information content (AvgIpc) is 2.26. The van der Waals surface area contributed by atoms with E-state index in [9.17, 15) is 9.59 Å². The fraction of sp³-hybridized carbons (Fsp3) is 0.692. The van der Waals surface area contributed by atoms with Crippen LogP contribution in [0.5, 0.6) is 0 Å². The second-order valence-electron chi connectivity index (χ2n) is 4.79. The highest BCUT2D eigenvalue weighted by atomic mass is 16.4. The lowest BCUT2D eigenvalue weighted by Gasteiger charge is -2.26. The van der Waals surface area contributed by atoms with Gasteiger partial charge in [0.05, 0.1) is 0 Å². The van der Waals surface area contributed by atoms with E-state index in [0.29, 0.717) is 6.42 Å². The molecule has 0 heterocycles. The molecule has 1 aliphatic carbocycles. The first kappa shape index (κ1) is 13.7. The molecule has 17 heavy (non-hydrogen) atoms. The summed E-state index contributed by atoms with van der Waals surface area (Å²) in [4.78, 5) is 24.1. The minimum absolute atomic E-state index is 0.0669. The van der Waals surface area contributed by atoms with Gasteiger partial charge in [-0.1, -0.05) is 11.6 Å². The predicted octanol–water partition coefficient (Wildman–Crippen LogP) is 2.20. The van der Waals surface area contributed by atoms with Crippen molar-refractivity contribution in [2.75, 3.05) is 6.54 Å². The molecule has 0 unspecified atom stereocenters. The highest BCUT2D eigenvalue weighted by Crippen LogP contribution is 2.21. The summed E-state index contributed by atoms with van der Waals surface area (Å²) in [6, 6.07) is -0.0669. The van der Waals surface area contributed by atoms with Crippen LogP contribution in [-0.4, -0.2) is 34.5 Å². The summed E-state index contributed by atoms with van der Waals surface area (Å²) in [5.74, 6) is -1.03. The molecule has 0 fully saturated rings. The SMILES string of the molecule is CC(C)N(CC(=O)O)C(=O)CC1=CCCCC1. The summed E-state index contributed by atoms with van der Waals surface area (Å²) in [5, 5.41) is 8.78. The van der Waals surface area contributed by atoms with Crippen molar-refractivity contribution in [2.24, 2.45) is 0 Å². The Labute approximate surface area is 102 Å². The number of carbonyl (C=O) groups is 2. The maximum atomic E-state index is 12.0. The predicted molar refractivity (Wildman–Crippen MR) is 65.7 cm³/mol. The number of aliphatic carboxylic acids is 1. The molecule has 4 heteroatoms. The first-order chi connectivity index (χ1) is 8.00. The largest absolute Gasteiger partial charge is 0.480 e. The number of rotatable bonds is 5. The molecule has 0 atom stereocenters. The maximum Gasteiger partial charge on any atom is 0.323 e. The highest BCUT2D eigenvalue weighted by Gasteiger charge is 2.20. The van der Waals surface area contributed by atoms with Crippen molar-refractivity contribution in [3.63, 3.8) is 0 Å². The van der Waals surface area contributed by atoms with Crippen LogP contribution in [0.3, 0.4) is 0 Å².